The Morgan fingerprint density at radius 3 is 2.46 bits per heavy atom. The second-order valence-electron chi connectivity index (χ2n) is 7.98. The molecule has 0 spiro atoms. The summed E-state index contributed by atoms with van der Waals surface area (Å²) in [4.78, 5) is 19.9. The van der Waals surface area contributed by atoms with E-state index in [-0.39, 0.29) is 17.0 Å². The highest BCUT2D eigenvalue weighted by Gasteiger charge is 2.27. The summed E-state index contributed by atoms with van der Waals surface area (Å²) in [5, 5.41) is 20.5. The number of imidazole rings is 1. The predicted octanol–water partition coefficient (Wildman–Crippen LogP) is 3.58. The zero-order valence-electron chi connectivity index (χ0n) is 19.2. The SMILES string of the molecule is C[C@@H](O)C(N)=NS(=O)(=O)c1cc(C(=O)C(=C(O)c2cccc(F)c2)c2nc3ccccc3[nH]2)ccc1F. The Labute approximate surface area is 209 Å². The number of nitrogens with zero attached hydrogens (tertiary/aromatic N) is 2. The van der Waals surface area contributed by atoms with E-state index in [4.69, 9.17) is 5.73 Å². The van der Waals surface area contributed by atoms with Crippen LogP contribution in [0.2, 0.25) is 0 Å². The number of Topliss-reactive ketones (excluding diaryl/α,β-unsaturated/α-hetero) is 1. The molecule has 190 valence electrons. The van der Waals surface area contributed by atoms with E-state index in [1.165, 1.54) is 19.1 Å². The van der Waals surface area contributed by atoms with Gasteiger partial charge in [-0.25, -0.2) is 13.8 Å². The standard InChI is InChI=1S/C25H20F2N4O5S/c1-13(32)24(28)31-37(35,36)20-12-15(9-10-17(20)27)23(34)21(22(33)14-5-4-6-16(26)11-14)25-29-18-7-2-3-8-19(18)30-25/h2-13,32-33H,1H3,(H2,28,31)(H,29,30)/t13-/m1/s1. The van der Waals surface area contributed by atoms with E-state index in [1.807, 2.05) is 0 Å². The van der Waals surface area contributed by atoms with Gasteiger partial charge in [-0.05, 0) is 49.4 Å². The molecule has 4 rings (SSSR count). The lowest BCUT2D eigenvalue weighted by Gasteiger charge is -2.11. The number of ketones is 1. The number of para-hydroxylation sites is 2. The molecule has 0 amide bonds. The molecule has 0 saturated heterocycles. The van der Waals surface area contributed by atoms with Crippen LogP contribution in [0.25, 0.3) is 22.4 Å². The number of rotatable bonds is 7. The summed E-state index contributed by atoms with van der Waals surface area (Å²) < 4.78 is 56.9. The Morgan fingerprint density at radius 2 is 1.78 bits per heavy atom. The maximum Gasteiger partial charge on any atom is 0.286 e. The number of aliphatic hydroxyl groups excluding tert-OH is 2. The van der Waals surface area contributed by atoms with Gasteiger partial charge >= 0.3 is 0 Å². The largest absolute Gasteiger partial charge is 0.506 e. The van der Waals surface area contributed by atoms with Crippen molar-refractivity contribution >= 4 is 44.0 Å². The average molecular weight is 527 g/mol. The van der Waals surface area contributed by atoms with Gasteiger partial charge in [0.15, 0.2) is 0 Å². The van der Waals surface area contributed by atoms with Crippen molar-refractivity contribution in [2.24, 2.45) is 10.1 Å². The number of halogens is 2. The second kappa shape index (κ2) is 9.91. The smallest absolute Gasteiger partial charge is 0.286 e. The minimum absolute atomic E-state index is 0.0481. The Balaban J connectivity index is 1.91. The van der Waals surface area contributed by atoms with Crippen molar-refractivity contribution in [1.29, 1.82) is 0 Å². The van der Waals surface area contributed by atoms with Gasteiger partial charge < -0.3 is 20.9 Å². The molecule has 0 saturated carbocycles. The van der Waals surface area contributed by atoms with E-state index in [9.17, 15) is 32.2 Å². The van der Waals surface area contributed by atoms with Crippen molar-refractivity contribution in [3.63, 3.8) is 0 Å². The van der Waals surface area contributed by atoms with Gasteiger partial charge in [-0.1, -0.05) is 24.3 Å². The molecule has 12 heteroatoms. The molecule has 0 fully saturated rings. The summed E-state index contributed by atoms with van der Waals surface area (Å²) in [7, 11) is -4.76. The molecule has 3 aromatic carbocycles. The van der Waals surface area contributed by atoms with Gasteiger partial charge in [0.1, 0.15) is 45.6 Å². The van der Waals surface area contributed by atoms with E-state index in [0.29, 0.717) is 11.0 Å². The molecular formula is C25H20F2N4O5S. The summed E-state index contributed by atoms with van der Waals surface area (Å²) in [6.07, 6.45) is -1.42. The van der Waals surface area contributed by atoms with Crippen LogP contribution in [0.3, 0.4) is 0 Å². The number of benzene rings is 3. The summed E-state index contributed by atoms with van der Waals surface area (Å²) in [5.74, 6) is -4.24. The van der Waals surface area contributed by atoms with Crippen molar-refractivity contribution in [3.05, 3.63) is 95.3 Å². The predicted molar refractivity (Wildman–Crippen MR) is 133 cm³/mol. The summed E-state index contributed by atoms with van der Waals surface area (Å²) in [6, 6.07) is 14.1. The van der Waals surface area contributed by atoms with Crippen molar-refractivity contribution in [3.8, 4) is 0 Å². The van der Waals surface area contributed by atoms with E-state index >= 15 is 0 Å². The molecule has 37 heavy (non-hydrogen) atoms. The van der Waals surface area contributed by atoms with E-state index < -0.39 is 55.6 Å². The van der Waals surface area contributed by atoms with Gasteiger partial charge in [-0.15, -0.1) is 4.40 Å². The molecular weight excluding hydrogens is 506 g/mol. The molecule has 9 nitrogen and oxygen atoms in total. The lowest BCUT2D eigenvalue weighted by Crippen LogP contribution is -2.27. The van der Waals surface area contributed by atoms with E-state index in [2.05, 4.69) is 14.4 Å². The maximum atomic E-state index is 14.5. The molecule has 4 aromatic rings. The third-order valence-corrected chi connectivity index (χ3v) is 6.63. The lowest BCUT2D eigenvalue weighted by atomic mass is 9.98. The van der Waals surface area contributed by atoms with Gasteiger partial charge in [0.25, 0.3) is 10.0 Å². The van der Waals surface area contributed by atoms with E-state index in [1.54, 1.807) is 24.3 Å². The van der Waals surface area contributed by atoms with Crippen molar-refractivity contribution in [2.45, 2.75) is 17.9 Å². The lowest BCUT2D eigenvalue weighted by molar-refractivity contribution is 0.105. The van der Waals surface area contributed by atoms with Crippen LogP contribution < -0.4 is 5.73 Å². The van der Waals surface area contributed by atoms with Crippen molar-refractivity contribution < 1.29 is 32.2 Å². The minimum Gasteiger partial charge on any atom is -0.506 e. The van der Waals surface area contributed by atoms with Crippen LogP contribution in [0.4, 0.5) is 8.78 Å². The normalized spacial score (nSPS) is 13.9. The Bertz CT molecular complexity index is 1660. The number of nitrogens with two attached hydrogens (primary N) is 1. The van der Waals surface area contributed by atoms with Crippen molar-refractivity contribution in [2.75, 3.05) is 0 Å². The molecule has 5 N–H and O–H groups in total. The number of carbonyl (C=O) groups is 1. The second-order valence-corrected chi connectivity index (χ2v) is 9.55. The Kier molecular flexibility index (Phi) is 6.88. The summed E-state index contributed by atoms with van der Waals surface area (Å²) in [5.41, 5.74) is 5.59. The van der Waals surface area contributed by atoms with Crippen LogP contribution in [-0.4, -0.2) is 46.3 Å². The molecule has 1 atom stereocenters. The highest BCUT2D eigenvalue weighted by molar-refractivity contribution is 7.90. The van der Waals surface area contributed by atoms with Gasteiger partial charge in [0.2, 0.25) is 5.78 Å². The first-order chi connectivity index (χ1) is 17.5. The third kappa shape index (κ3) is 5.25. The summed E-state index contributed by atoms with van der Waals surface area (Å²) >= 11 is 0. The van der Waals surface area contributed by atoms with E-state index in [0.717, 1.165) is 30.3 Å². The first kappa shape index (κ1) is 25.7. The first-order valence-electron chi connectivity index (χ1n) is 10.7. The highest BCUT2D eigenvalue weighted by atomic mass is 32.2. The number of aliphatic hydroxyl groups is 2. The minimum atomic E-state index is -4.76. The number of hydrogen-bond acceptors (Lipinski definition) is 6. The maximum absolute atomic E-state index is 14.5. The highest BCUT2D eigenvalue weighted by Crippen LogP contribution is 2.30. The number of hydrogen-bond donors (Lipinski definition) is 4. The number of aromatic nitrogens is 2. The van der Waals surface area contributed by atoms with Crippen LogP contribution >= 0.6 is 0 Å². The van der Waals surface area contributed by atoms with Gasteiger partial charge in [0, 0.05) is 11.1 Å². The topological polar surface area (TPSA) is 159 Å². The zero-order valence-corrected chi connectivity index (χ0v) is 20.0. The molecule has 1 heterocycles. The fourth-order valence-electron chi connectivity index (χ4n) is 3.43. The van der Waals surface area contributed by atoms with Gasteiger partial charge in [-0.2, -0.15) is 8.42 Å². The molecule has 0 aliphatic rings. The van der Waals surface area contributed by atoms with Gasteiger partial charge in [0.05, 0.1) is 11.0 Å². The number of sulfonamides is 1. The van der Waals surface area contributed by atoms with Crippen LogP contribution in [0.1, 0.15) is 28.7 Å². The number of aromatic amines is 1. The van der Waals surface area contributed by atoms with Crippen molar-refractivity contribution in [1.82, 2.24) is 9.97 Å². The number of amidine groups is 1. The fourth-order valence-corrected chi connectivity index (χ4v) is 4.55. The molecule has 0 radical (unpaired) electrons. The van der Waals surface area contributed by atoms with Crippen LogP contribution in [0.15, 0.2) is 76.0 Å². The van der Waals surface area contributed by atoms with Gasteiger partial charge in [-0.3, -0.25) is 4.79 Å². The number of fused-ring (bicyclic) bond motifs is 1. The Hall–Kier alpha value is -4.42. The third-order valence-electron chi connectivity index (χ3n) is 5.31. The number of H-pyrrole nitrogens is 1. The zero-order chi connectivity index (χ0) is 26.9. The average Bonchev–Trinajstić information content (AvgIpc) is 3.27. The molecule has 0 aliphatic heterocycles. The number of nitrogens with one attached hydrogen (secondary N) is 1. The number of carbonyl (C=O) groups excluding carboxylic acids is 1. The fraction of sp³-hybridized carbons (Fsp3) is 0.0800. The molecule has 0 aliphatic carbocycles. The Morgan fingerprint density at radius 1 is 1.05 bits per heavy atom. The number of allylic oxidation sites excluding steroid dienone is 1. The van der Waals surface area contributed by atoms with Crippen LogP contribution in [0.5, 0.6) is 0 Å². The van der Waals surface area contributed by atoms with Crippen LogP contribution in [-0.2, 0) is 10.0 Å². The summed E-state index contributed by atoms with van der Waals surface area (Å²) in [6.45, 7) is 1.17. The molecule has 0 unspecified atom stereocenters. The van der Waals surface area contributed by atoms with Crippen LogP contribution in [0, 0.1) is 11.6 Å². The quantitative estimate of drug-likeness (QED) is 0.0942. The monoisotopic (exact) mass is 526 g/mol. The molecule has 0 bridgehead atoms. The first-order valence-corrected chi connectivity index (χ1v) is 12.2. The molecule has 1 aromatic heterocycles.